The number of carbonyl (C=O) groups is 7. The second-order valence-corrected chi connectivity index (χ2v) is 20.5. The molecule has 1 fully saturated rings. The molecule has 372 valence electrons. The normalized spacial score (nSPS) is 15.4. The van der Waals surface area contributed by atoms with E-state index in [1.807, 2.05) is 88.4 Å². The lowest BCUT2D eigenvalue weighted by atomic mass is 9.95. The summed E-state index contributed by atoms with van der Waals surface area (Å²) in [6, 6.07) is 15.3. The Kier molecular flexibility index (Phi) is 22.8. The van der Waals surface area contributed by atoms with Gasteiger partial charge in [-0.2, -0.15) is 12.6 Å². The van der Waals surface area contributed by atoms with Crippen LogP contribution in [0.5, 0.6) is 0 Å². The average Bonchev–Trinajstić information content (AvgIpc) is 3.83. The monoisotopic (exact) mass is 993 g/mol. The number of carbonyl (C=O) groups excluding carboxylic acids is 7. The van der Waals surface area contributed by atoms with Crippen molar-refractivity contribution in [3.05, 3.63) is 82.3 Å². The van der Waals surface area contributed by atoms with Gasteiger partial charge in [-0.05, 0) is 47.6 Å². The fraction of sp³-hybridized carbons (Fsp3) is 0.560. The molecule has 0 aliphatic carbocycles. The maximum absolute atomic E-state index is 14.3. The van der Waals surface area contributed by atoms with Gasteiger partial charge in [-0.1, -0.05) is 96.5 Å². The minimum absolute atomic E-state index is 0.00547. The van der Waals surface area contributed by atoms with E-state index < -0.39 is 53.8 Å². The number of amides is 6. The van der Waals surface area contributed by atoms with Gasteiger partial charge in [0.15, 0.2) is 6.10 Å². The number of thiazole rings is 1. The minimum atomic E-state index is -1.14. The van der Waals surface area contributed by atoms with Crippen molar-refractivity contribution in [1.29, 1.82) is 0 Å². The Balaban J connectivity index is 1.54. The maximum atomic E-state index is 14.3. The largest absolute Gasteiger partial charge is 0.455 e. The lowest BCUT2D eigenvalue weighted by Gasteiger charge is -2.37. The Bertz CT molecular complexity index is 2120. The van der Waals surface area contributed by atoms with Gasteiger partial charge in [0.05, 0.1) is 0 Å². The highest BCUT2D eigenvalue weighted by atomic mass is 32.2. The second-order valence-electron chi connectivity index (χ2n) is 18.1. The third-order valence-electron chi connectivity index (χ3n) is 12.1. The average molecular weight is 994 g/mol. The molecule has 0 saturated carbocycles. The highest BCUT2D eigenvalue weighted by Gasteiger charge is 2.36. The molecule has 1 aliphatic heterocycles. The molecule has 0 unspecified atom stereocenters. The molecule has 68 heavy (non-hydrogen) atoms. The summed E-state index contributed by atoms with van der Waals surface area (Å²) in [4.78, 5) is 106. The minimum Gasteiger partial charge on any atom is -0.455 e. The Morgan fingerprint density at radius 2 is 1.47 bits per heavy atom. The quantitative estimate of drug-likeness (QED) is 0.0433. The predicted molar refractivity (Wildman–Crippen MR) is 270 cm³/mol. The molecule has 0 bridgehead atoms. The number of piperazine rings is 1. The third kappa shape index (κ3) is 17.2. The predicted octanol–water partition coefficient (Wildman–Crippen LogP) is 6.20. The van der Waals surface area contributed by atoms with Gasteiger partial charge in [0.1, 0.15) is 28.8 Å². The van der Waals surface area contributed by atoms with Gasteiger partial charge in [-0.25, -0.2) is 4.98 Å². The van der Waals surface area contributed by atoms with Crippen LogP contribution in [0.2, 0.25) is 0 Å². The van der Waals surface area contributed by atoms with E-state index in [1.165, 1.54) is 24.1 Å². The van der Waals surface area contributed by atoms with Crippen molar-refractivity contribution in [2.45, 2.75) is 122 Å². The zero-order chi connectivity index (χ0) is 49.9. The van der Waals surface area contributed by atoms with Crippen molar-refractivity contribution < 1.29 is 38.3 Å². The Hall–Kier alpha value is -4.94. The molecular weight excluding hydrogens is 923 g/mol. The van der Waals surface area contributed by atoms with Crippen molar-refractivity contribution in [3.8, 4) is 0 Å². The van der Waals surface area contributed by atoms with Crippen LogP contribution in [0.4, 0.5) is 0 Å². The van der Waals surface area contributed by atoms with E-state index in [1.54, 1.807) is 35.6 Å². The Morgan fingerprint density at radius 3 is 2.06 bits per heavy atom. The van der Waals surface area contributed by atoms with Gasteiger partial charge in [0, 0.05) is 87.9 Å². The third-order valence-corrected chi connectivity index (χ3v) is 14.5. The van der Waals surface area contributed by atoms with E-state index in [0.29, 0.717) is 56.2 Å². The van der Waals surface area contributed by atoms with Crippen molar-refractivity contribution in [3.63, 3.8) is 0 Å². The molecule has 4 rings (SSSR count). The molecule has 2 heterocycles. The summed E-state index contributed by atoms with van der Waals surface area (Å²) in [7, 11) is 1.76. The zero-order valence-corrected chi connectivity index (χ0v) is 43.3. The molecule has 0 spiro atoms. The fourth-order valence-electron chi connectivity index (χ4n) is 7.80. The number of hydrogen-bond acceptors (Lipinski definition) is 12. The molecule has 1 aliphatic rings. The molecule has 3 aromatic rings. The van der Waals surface area contributed by atoms with Gasteiger partial charge in [0.25, 0.3) is 5.91 Å². The molecule has 6 amide bonds. The number of aromatic nitrogens is 1. The molecular formula is C50H71N7O8S3. The summed E-state index contributed by atoms with van der Waals surface area (Å²) in [5.41, 5.74) is 0.844. The smallest absolute Gasteiger partial charge is 0.303 e. The first-order valence-electron chi connectivity index (χ1n) is 23.6. The second kappa shape index (κ2) is 27.9. The van der Waals surface area contributed by atoms with Crippen molar-refractivity contribution in [2.75, 3.05) is 44.7 Å². The van der Waals surface area contributed by atoms with Crippen LogP contribution in [-0.2, 0) is 39.9 Å². The molecule has 1 aromatic heterocycles. The van der Waals surface area contributed by atoms with Gasteiger partial charge in [-0.3, -0.25) is 33.6 Å². The van der Waals surface area contributed by atoms with Gasteiger partial charge in [-0.15, -0.1) is 23.1 Å². The number of hydrogen-bond donors (Lipinski definition) is 4. The lowest BCUT2D eigenvalue weighted by Crippen LogP contribution is -2.60. The number of thiol groups is 1. The number of rotatable bonds is 25. The van der Waals surface area contributed by atoms with Gasteiger partial charge >= 0.3 is 5.97 Å². The highest BCUT2D eigenvalue weighted by molar-refractivity contribution is 7.99. The Morgan fingerprint density at radius 1 is 0.838 bits per heavy atom. The zero-order valence-electron chi connectivity index (χ0n) is 40.8. The first kappa shape index (κ1) is 55.7. The number of ether oxygens (including phenoxy) is 1. The topological polar surface area (TPSA) is 187 Å². The first-order chi connectivity index (χ1) is 32.4. The summed E-state index contributed by atoms with van der Waals surface area (Å²) in [6.45, 7) is 14.3. The van der Waals surface area contributed by atoms with Crippen LogP contribution in [0.25, 0.3) is 0 Å². The first-order valence-corrected chi connectivity index (χ1v) is 26.1. The van der Waals surface area contributed by atoms with E-state index in [2.05, 4.69) is 33.6 Å². The van der Waals surface area contributed by atoms with Crippen molar-refractivity contribution in [1.82, 2.24) is 35.6 Å². The van der Waals surface area contributed by atoms with E-state index >= 15 is 0 Å². The molecule has 18 heteroatoms. The van der Waals surface area contributed by atoms with Crippen LogP contribution in [-0.4, -0.2) is 130 Å². The molecule has 6 atom stereocenters. The summed E-state index contributed by atoms with van der Waals surface area (Å²) < 4.78 is 5.77. The van der Waals surface area contributed by atoms with E-state index in [0.717, 1.165) is 28.2 Å². The van der Waals surface area contributed by atoms with Crippen molar-refractivity contribution in [2.24, 2.45) is 17.8 Å². The van der Waals surface area contributed by atoms with Crippen LogP contribution in [0, 0.1) is 17.8 Å². The summed E-state index contributed by atoms with van der Waals surface area (Å²) in [5, 5.41) is 10.6. The van der Waals surface area contributed by atoms with Crippen LogP contribution >= 0.6 is 35.7 Å². The van der Waals surface area contributed by atoms with Crippen LogP contribution < -0.4 is 16.0 Å². The number of nitrogens with zero attached hydrogens (tertiary/aromatic N) is 4. The maximum Gasteiger partial charge on any atom is 0.303 e. The standard InChI is InChI=1S/C50H71N7O8S3/c1-9-34(6)27-44(60)55(8)41(32(2)3)29-42(65-35(7)58)49-53-40(31-68-49)46(61)52-39(30-67-37-19-14-11-15-20-37)47(62)54-45(33(4)5)48(63)51-38(28-36-17-12-10-13-18-36)50(64)57-24-22-56(23-25-57)43(59)21-16-26-66/h10-15,17-20,31-34,38-39,41-42,45,66H,9,16,21-30H2,1-8H3,(H,51,63)(H,52,61)(H,54,62)/t34-,38-,39-,41+,42+,45-/m0/s1. The number of esters is 1. The van der Waals surface area contributed by atoms with Crippen molar-refractivity contribution >= 4 is 77.1 Å². The highest BCUT2D eigenvalue weighted by Crippen LogP contribution is 2.31. The molecule has 15 nitrogen and oxygen atoms in total. The van der Waals surface area contributed by atoms with Crippen LogP contribution in [0.3, 0.4) is 0 Å². The lowest BCUT2D eigenvalue weighted by molar-refractivity contribution is -0.148. The van der Waals surface area contributed by atoms with E-state index in [4.69, 9.17) is 4.74 Å². The van der Waals surface area contributed by atoms with Gasteiger partial charge < -0.3 is 35.4 Å². The van der Waals surface area contributed by atoms with Crippen LogP contribution in [0.1, 0.15) is 108 Å². The molecule has 0 radical (unpaired) electrons. The summed E-state index contributed by atoms with van der Waals surface area (Å²) in [5.74, 6) is -2.10. The van der Waals surface area contributed by atoms with Crippen LogP contribution in [0.15, 0.2) is 70.9 Å². The SMILES string of the molecule is CC[C@H](C)CC(=O)N(C)[C@H](C[C@@H](OC(C)=O)c1nc(C(=O)N[C@@H](CSc2ccccc2)C(=O)N[C@H](C(=O)N[C@@H](Cc2ccccc2)C(=O)N2CCN(C(=O)CCCS)CC2)C(C)C)cs1)C(C)C. The summed E-state index contributed by atoms with van der Waals surface area (Å²) in [6.07, 6.45) is 1.95. The van der Waals surface area contributed by atoms with Gasteiger partial charge in [0.2, 0.25) is 29.5 Å². The fourth-order valence-corrected chi connectivity index (χ4v) is 9.75. The Labute approximate surface area is 416 Å². The van der Waals surface area contributed by atoms with E-state index in [-0.39, 0.29) is 59.9 Å². The summed E-state index contributed by atoms with van der Waals surface area (Å²) >= 11 is 6.71. The van der Waals surface area contributed by atoms with E-state index in [9.17, 15) is 33.6 Å². The molecule has 3 N–H and O–H groups in total. The number of benzene rings is 2. The molecule has 2 aromatic carbocycles. The number of nitrogens with one attached hydrogen (secondary N) is 3. The number of thioether (sulfide) groups is 1. The molecule has 1 saturated heterocycles.